The third kappa shape index (κ3) is 3.78. The van der Waals surface area contributed by atoms with Crippen molar-refractivity contribution < 1.29 is 24.6 Å². The largest absolute Gasteiger partial charge is 0.481 e. The molecule has 3 aromatic rings. The number of thioether (sulfide) groups is 1. The molecular weight excluding hydrogens is 530 g/mol. The maximum Gasteiger partial charge on any atom is 0.308 e. The van der Waals surface area contributed by atoms with Crippen molar-refractivity contribution in [3.8, 4) is 0 Å². The number of nitrogens with zero attached hydrogens (tertiary/aromatic N) is 5. The Kier molecular flexibility index (Phi) is 6.66. The van der Waals surface area contributed by atoms with Gasteiger partial charge in [-0.1, -0.05) is 60.7 Å². The van der Waals surface area contributed by atoms with Crippen molar-refractivity contribution in [2.45, 2.75) is 42.1 Å². The van der Waals surface area contributed by atoms with Crippen LogP contribution in [0.15, 0.2) is 67.3 Å². The van der Waals surface area contributed by atoms with Crippen LogP contribution < -0.4 is 0 Å². The van der Waals surface area contributed by atoms with Crippen molar-refractivity contribution in [3.63, 3.8) is 0 Å². The summed E-state index contributed by atoms with van der Waals surface area (Å²) in [6.07, 6.45) is 2.23. The van der Waals surface area contributed by atoms with E-state index >= 15 is 0 Å². The lowest BCUT2D eigenvalue weighted by Crippen LogP contribution is -2.58. The van der Waals surface area contributed by atoms with Crippen molar-refractivity contribution in [1.82, 2.24) is 24.8 Å². The number of aromatic nitrogens is 3. The van der Waals surface area contributed by atoms with Gasteiger partial charge in [-0.3, -0.25) is 14.4 Å². The highest BCUT2D eigenvalue weighted by atomic mass is 32.2. The Hall–Kier alpha value is -3.70. The zero-order valence-electron chi connectivity index (χ0n) is 22.0. The van der Waals surface area contributed by atoms with E-state index in [1.165, 1.54) is 16.7 Å². The number of hydrogen-bond donors (Lipinski definition) is 2. The van der Waals surface area contributed by atoms with Gasteiger partial charge in [0.2, 0.25) is 11.8 Å². The molecule has 1 spiro atoms. The number of hydrogen-bond acceptors (Lipinski definition) is 7. The van der Waals surface area contributed by atoms with Crippen LogP contribution in [0.25, 0.3) is 11.0 Å². The molecule has 0 aliphatic carbocycles. The van der Waals surface area contributed by atoms with Crippen molar-refractivity contribution >= 4 is 40.6 Å². The number of aliphatic hydroxyl groups excluding tert-OH is 1. The molecule has 3 aliphatic heterocycles. The minimum Gasteiger partial charge on any atom is -0.481 e. The second-order valence-electron chi connectivity index (χ2n) is 10.8. The second-order valence-corrected chi connectivity index (χ2v) is 12.4. The summed E-state index contributed by atoms with van der Waals surface area (Å²) in [5.74, 6) is -3.57. The fourth-order valence-electron chi connectivity index (χ4n) is 7.12. The number of benzene rings is 2. The highest BCUT2D eigenvalue weighted by Crippen LogP contribution is 2.69. The lowest BCUT2D eigenvalue weighted by molar-refractivity contribution is -0.150. The van der Waals surface area contributed by atoms with Gasteiger partial charge in [0.1, 0.15) is 18.2 Å². The topological polar surface area (TPSA) is 129 Å². The minimum absolute atomic E-state index is 0.0740. The third-order valence-corrected chi connectivity index (χ3v) is 10.9. The van der Waals surface area contributed by atoms with E-state index in [2.05, 4.69) is 16.9 Å². The van der Waals surface area contributed by atoms with Gasteiger partial charge in [0.05, 0.1) is 34.7 Å². The third-order valence-electron chi connectivity index (χ3n) is 8.78. The van der Waals surface area contributed by atoms with Crippen molar-refractivity contribution in [1.29, 1.82) is 0 Å². The molecule has 7 atom stereocenters. The number of carboxylic acid groups (broad SMARTS) is 1. The predicted molar refractivity (Wildman–Crippen MR) is 149 cm³/mol. The van der Waals surface area contributed by atoms with Crippen LogP contribution in [0.3, 0.4) is 0 Å². The lowest BCUT2D eigenvalue weighted by Gasteiger charge is -2.42. The number of rotatable bonds is 9. The number of likely N-dealkylation sites (tertiary alicyclic amines) is 1. The summed E-state index contributed by atoms with van der Waals surface area (Å²) >= 11 is 1.47. The Bertz CT molecular complexity index is 1480. The maximum absolute atomic E-state index is 14.7. The van der Waals surface area contributed by atoms with Crippen LogP contribution in [-0.4, -0.2) is 82.0 Å². The van der Waals surface area contributed by atoms with Crippen molar-refractivity contribution in [2.75, 3.05) is 13.2 Å². The first-order valence-corrected chi connectivity index (χ1v) is 14.3. The summed E-state index contributed by atoms with van der Waals surface area (Å²) in [5.41, 5.74) is 2.13. The van der Waals surface area contributed by atoms with Gasteiger partial charge in [-0.05, 0) is 30.0 Å². The van der Waals surface area contributed by atoms with Gasteiger partial charge in [-0.25, -0.2) is 4.68 Å². The molecule has 11 heteroatoms. The van der Waals surface area contributed by atoms with E-state index in [9.17, 15) is 24.6 Å². The summed E-state index contributed by atoms with van der Waals surface area (Å²) in [6, 6.07) is 14.8. The van der Waals surface area contributed by atoms with Gasteiger partial charge in [0.25, 0.3) is 0 Å². The quantitative estimate of drug-likeness (QED) is 0.382. The van der Waals surface area contributed by atoms with E-state index in [-0.39, 0.29) is 36.2 Å². The van der Waals surface area contributed by atoms with E-state index < -0.39 is 41.2 Å². The number of amides is 2. The molecule has 10 nitrogen and oxygen atoms in total. The van der Waals surface area contributed by atoms with Crippen LogP contribution in [-0.2, 0) is 21.1 Å². The molecule has 1 aromatic heterocycles. The SMILES string of the molecule is C=CCN(Cn1nnc2ccccc21)C(=O)C1N([C@H](CO)c2ccccc2)C(=O)[C@@H]2[C@H](C(=O)O)[C@@H]3CC(C)C12S3. The minimum atomic E-state index is -1.02. The van der Waals surface area contributed by atoms with Gasteiger partial charge in [-0.15, -0.1) is 23.4 Å². The summed E-state index contributed by atoms with van der Waals surface area (Å²) < 4.78 is 0.699. The molecule has 0 saturated carbocycles. The molecule has 208 valence electrons. The van der Waals surface area contributed by atoms with Gasteiger partial charge in [-0.2, -0.15) is 0 Å². The summed E-state index contributed by atoms with van der Waals surface area (Å²) in [6.45, 7) is 5.72. The maximum atomic E-state index is 14.7. The van der Waals surface area contributed by atoms with Gasteiger partial charge < -0.3 is 20.0 Å². The van der Waals surface area contributed by atoms with Crippen LogP contribution in [0, 0.1) is 17.8 Å². The Labute approximate surface area is 235 Å². The van der Waals surface area contributed by atoms with Gasteiger partial charge in [0, 0.05) is 11.8 Å². The Morgan fingerprint density at radius 1 is 1.23 bits per heavy atom. The number of carboxylic acids is 1. The smallest absolute Gasteiger partial charge is 0.308 e. The Morgan fingerprint density at radius 3 is 2.65 bits per heavy atom. The van der Waals surface area contributed by atoms with E-state index in [4.69, 9.17) is 0 Å². The molecule has 2 aromatic carbocycles. The van der Waals surface area contributed by atoms with Crippen molar-refractivity contribution in [2.24, 2.45) is 17.8 Å². The summed E-state index contributed by atoms with van der Waals surface area (Å²) in [5, 5.41) is 29.0. The molecule has 40 heavy (non-hydrogen) atoms. The molecule has 3 unspecified atom stereocenters. The fourth-order valence-corrected chi connectivity index (χ4v) is 9.51. The molecule has 2 N–H and O–H groups in total. The summed E-state index contributed by atoms with van der Waals surface area (Å²) in [7, 11) is 0. The standard InChI is InChI=1S/C29H31N5O5S/c1-3-13-32(16-33-20-12-8-7-11-19(20)30-31-33)27(37)25-29-17(2)14-22(40-29)23(28(38)39)24(29)26(36)34(25)21(15-35)18-9-5-4-6-10-18/h3-12,17,21-25,35H,1,13-16H2,2H3,(H,38,39)/t17?,21-,22+,23-,24+,25?,29?/m1/s1. The average Bonchev–Trinajstić information content (AvgIpc) is 3.67. The Balaban J connectivity index is 1.47. The summed E-state index contributed by atoms with van der Waals surface area (Å²) in [4.78, 5) is 44.6. The van der Waals surface area contributed by atoms with E-state index in [0.717, 1.165) is 5.52 Å². The molecule has 2 amide bonds. The van der Waals surface area contributed by atoms with Gasteiger partial charge >= 0.3 is 5.97 Å². The predicted octanol–water partition coefficient (Wildman–Crippen LogP) is 2.56. The van der Waals surface area contributed by atoms with Crippen LogP contribution in [0.2, 0.25) is 0 Å². The zero-order chi connectivity index (χ0) is 28.2. The lowest BCUT2D eigenvalue weighted by atomic mass is 9.66. The molecule has 4 heterocycles. The molecular formula is C29H31N5O5S. The van der Waals surface area contributed by atoms with E-state index in [0.29, 0.717) is 17.5 Å². The number of fused-ring (bicyclic) bond motifs is 2. The van der Waals surface area contributed by atoms with Crippen LogP contribution in [0.1, 0.15) is 24.9 Å². The molecule has 6 rings (SSSR count). The first kappa shape index (κ1) is 26.5. The molecule has 3 aliphatic rings. The monoisotopic (exact) mass is 561 g/mol. The number of carbonyl (C=O) groups is 3. The fraction of sp³-hybridized carbons (Fsp3) is 0.414. The van der Waals surface area contributed by atoms with Crippen molar-refractivity contribution in [3.05, 3.63) is 72.8 Å². The molecule has 0 radical (unpaired) electrons. The Morgan fingerprint density at radius 2 is 1.95 bits per heavy atom. The van der Waals surface area contributed by atoms with E-state index in [1.54, 1.807) is 15.7 Å². The van der Waals surface area contributed by atoms with Gasteiger partial charge in [0.15, 0.2) is 0 Å². The van der Waals surface area contributed by atoms with E-state index in [1.807, 2.05) is 61.5 Å². The van der Waals surface area contributed by atoms with Crippen LogP contribution >= 0.6 is 11.8 Å². The molecule has 3 fully saturated rings. The number of carbonyl (C=O) groups excluding carboxylic acids is 2. The number of para-hydroxylation sites is 1. The molecule has 2 bridgehead atoms. The first-order chi connectivity index (χ1) is 19.3. The second kappa shape index (κ2) is 10.0. The van der Waals surface area contributed by atoms with Crippen LogP contribution in [0.5, 0.6) is 0 Å². The highest BCUT2D eigenvalue weighted by Gasteiger charge is 2.77. The first-order valence-electron chi connectivity index (χ1n) is 13.4. The highest BCUT2D eigenvalue weighted by molar-refractivity contribution is 8.02. The normalized spacial score (nSPS) is 29.5. The number of aliphatic carboxylic acids is 1. The van der Waals surface area contributed by atoms with Crippen LogP contribution in [0.4, 0.5) is 0 Å². The average molecular weight is 562 g/mol. The zero-order valence-corrected chi connectivity index (χ0v) is 22.9. The number of aliphatic hydroxyl groups is 1. The molecule has 3 saturated heterocycles.